The minimum absolute atomic E-state index is 0.310. The lowest BCUT2D eigenvalue weighted by molar-refractivity contribution is 0.0976. The predicted octanol–water partition coefficient (Wildman–Crippen LogP) is 6.56. The average Bonchev–Trinajstić information content (AvgIpc) is 3.21. The van der Waals surface area contributed by atoms with Gasteiger partial charge in [-0.05, 0) is 91.8 Å². The fraction of sp³-hybridized carbons (Fsp3) is 0.667. The van der Waals surface area contributed by atoms with Crippen LogP contribution in [0.5, 0.6) is 0 Å². The summed E-state index contributed by atoms with van der Waals surface area (Å²) in [6, 6.07) is 0.499. The van der Waals surface area contributed by atoms with Crippen molar-refractivity contribution in [3.63, 3.8) is 0 Å². The molecule has 1 fully saturated rings. The van der Waals surface area contributed by atoms with Gasteiger partial charge in [0.15, 0.2) is 0 Å². The number of likely N-dealkylation sites (tertiary alicyclic amines) is 1. The maximum absolute atomic E-state index is 5.98. The largest absolute Gasteiger partial charge is 0.496 e. The third-order valence-corrected chi connectivity index (χ3v) is 5.60. The van der Waals surface area contributed by atoms with Crippen LogP contribution in [0.3, 0.4) is 0 Å². The summed E-state index contributed by atoms with van der Waals surface area (Å²) in [4.78, 5) is 2.62. The lowest BCUT2D eigenvalue weighted by atomic mass is 9.99. The first-order valence-electron chi connectivity index (χ1n) is 10.5. The SMILES string of the molecule is CC(C)=CCCC(C)=CCCC(C)=CCC1OC=C(C)C1N1CCCC1. The standard InChI is InChI=1S/C24H39NO/c1-19(2)10-8-11-20(3)12-9-13-21(4)14-15-23-24(22(5)18-26-23)25-16-6-7-17-25/h10,12,14,18,23-24H,6-9,11,13,15-17H2,1-5H3. The van der Waals surface area contributed by atoms with Crippen LogP contribution in [0.25, 0.3) is 0 Å². The second-order valence-electron chi connectivity index (χ2n) is 8.42. The first-order chi connectivity index (χ1) is 12.5. The first kappa shape index (κ1) is 21.0. The van der Waals surface area contributed by atoms with E-state index in [0.29, 0.717) is 12.1 Å². The number of allylic oxidation sites excluding steroid dienone is 5. The monoisotopic (exact) mass is 357 g/mol. The lowest BCUT2D eigenvalue weighted by Gasteiger charge is -2.28. The van der Waals surface area contributed by atoms with E-state index in [1.54, 1.807) is 0 Å². The molecule has 2 nitrogen and oxygen atoms in total. The van der Waals surface area contributed by atoms with Crippen LogP contribution < -0.4 is 0 Å². The number of hydrogen-bond acceptors (Lipinski definition) is 2. The van der Waals surface area contributed by atoms with Gasteiger partial charge in [-0.25, -0.2) is 0 Å². The Bertz CT molecular complexity index is 557. The molecule has 0 amide bonds. The van der Waals surface area contributed by atoms with Gasteiger partial charge < -0.3 is 4.74 Å². The number of ether oxygens (including phenoxy) is 1. The Kier molecular flexibility index (Phi) is 8.71. The molecule has 26 heavy (non-hydrogen) atoms. The van der Waals surface area contributed by atoms with Crippen molar-refractivity contribution in [1.82, 2.24) is 4.90 Å². The van der Waals surface area contributed by atoms with Crippen LogP contribution >= 0.6 is 0 Å². The van der Waals surface area contributed by atoms with Crippen LogP contribution in [0.15, 0.2) is 46.8 Å². The summed E-state index contributed by atoms with van der Waals surface area (Å²) in [7, 11) is 0. The van der Waals surface area contributed by atoms with Crippen molar-refractivity contribution in [2.45, 2.75) is 91.7 Å². The molecular formula is C24H39NO. The molecule has 0 aromatic carbocycles. The van der Waals surface area contributed by atoms with E-state index in [4.69, 9.17) is 4.74 Å². The highest BCUT2D eigenvalue weighted by molar-refractivity contribution is 5.16. The van der Waals surface area contributed by atoms with Gasteiger partial charge in [-0.2, -0.15) is 0 Å². The Morgan fingerprint density at radius 3 is 2.27 bits per heavy atom. The highest BCUT2D eigenvalue weighted by atomic mass is 16.5. The van der Waals surface area contributed by atoms with E-state index >= 15 is 0 Å². The predicted molar refractivity (Wildman–Crippen MR) is 113 cm³/mol. The Hall–Kier alpha value is -1.28. The third kappa shape index (κ3) is 6.79. The molecule has 0 aromatic rings. The zero-order chi connectivity index (χ0) is 18.9. The van der Waals surface area contributed by atoms with Crippen LogP contribution in [-0.4, -0.2) is 30.1 Å². The summed E-state index contributed by atoms with van der Waals surface area (Å²) in [5.74, 6) is 0. The van der Waals surface area contributed by atoms with Gasteiger partial charge >= 0.3 is 0 Å². The summed E-state index contributed by atoms with van der Waals surface area (Å²) in [6.07, 6.45) is 17.8. The molecule has 2 rings (SSSR count). The molecule has 0 bridgehead atoms. The number of hydrogen-bond donors (Lipinski definition) is 0. The van der Waals surface area contributed by atoms with E-state index in [-0.39, 0.29) is 0 Å². The van der Waals surface area contributed by atoms with Crippen molar-refractivity contribution in [3.8, 4) is 0 Å². The van der Waals surface area contributed by atoms with Gasteiger partial charge in [0.1, 0.15) is 6.10 Å². The second-order valence-corrected chi connectivity index (χ2v) is 8.42. The Labute approximate surface area is 161 Å². The fourth-order valence-electron chi connectivity index (χ4n) is 4.02. The highest BCUT2D eigenvalue weighted by Crippen LogP contribution is 2.29. The molecule has 2 aliphatic rings. The van der Waals surface area contributed by atoms with Crippen molar-refractivity contribution in [1.29, 1.82) is 0 Å². The van der Waals surface area contributed by atoms with Crippen LogP contribution in [0.4, 0.5) is 0 Å². The minimum atomic E-state index is 0.310. The topological polar surface area (TPSA) is 12.5 Å². The molecule has 0 saturated carbocycles. The van der Waals surface area contributed by atoms with E-state index in [2.05, 4.69) is 57.7 Å². The molecule has 2 heterocycles. The molecule has 146 valence electrons. The van der Waals surface area contributed by atoms with Crippen molar-refractivity contribution < 1.29 is 4.74 Å². The van der Waals surface area contributed by atoms with E-state index in [1.807, 2.05) is 6.26 Å². The zero-order valence-corrected chi connectivity index (χ0v) is 17.7. The maximum atomic E-state index is 5.98. The van der Waals surface area contributed by atoms with Crippen LogP contribution in [0.1, 0.15) is 79.6 Å². The molecule has 0 N–H and O–H groups in total. The fourth-order valence-corrected chi connectivity index (χ4v) is 4.02. The van der Waals surface area contributed by atoms with Crippen LogP contribution in [0.2, 0.25) is 0 Å². The molecule has 0 aliphatic carbocycles. The summed E-state index contributed by atoms with van der Waals surface area (Å²) >= 11 is 0. The highest BCUT2D eigenvalue weighted by Gasteiger charge is 2.34. The zero-order valence-electron chi connectivity index (χ0n) is 17.7. The van der Waals surface area contributed by atoms with Gasteiger partial charge in [-0.1, -0.05) is 34.9 Å². The summed E-state index contributed by atoms with van der Waals surface area (Å²) < 4.78 is 5.98. The van der Waals surface area contributed by atoms with Crippen molar-refractivity contribution in [2.24, 2.45) is 0 Å². The van der Waals surface area contributed by atoms with Crippen molar-refractivity contribution in [3.05, 3.63) is 46.8 Å². The van der Waals surface area contributed by atoms with Gasteiger partial charge in [-0.3, -0.25) is 4.90 Å². The van der Waals surface area contributed by atoms with Gasteiger partial charge in [0.2, 0.25) is 0 Å². The molecule has 1 saturated heterocycles. The van der Waals surface area contributed by atoms with E-state index in [9.17, 15) is 0 Å². The maximum Gasteiger partial charge on any atom is 0.121 e. The van der Waals surface area contributed by atoms with Crippen LogP contribution in [0, 0.1) is 0 Å². The number of rotatable bonds is 9. The van der Waals surface area contributed by atoms with E-state index < -0.39 is 0 Å². The average molecular weight is 358 g/mol. The van der Waals surface area contributed by atoms with Gasteiger partial charge in [-0.15, -0.1) is 0 Å². The van der Waals surface area contributed by atoms with Crippen molar-refractivity contribution >= 4 is 0 Å². The molecule has 0 radical (unpaired) electrons. The van der Waals surface area contributed by atoms with Gasteiger partial charge in [0.25, 0.3) is 0 Å². The second kappa shape index (κ2) is 10.8. The Morgan fingerprint density at radius 2 is 1.62 bits per heavy atom. The molecule has 2 aliphatic heterocycles. The van der Waals surface area contributed by atoms with Gasteiger partial charge in [0, 0.05) is 6.42 Å². The molecule has 0 spiro atoms. The lowest BCUT2D eigenvalue weighted by Crippen LogP contribution is -2.40. The smallest absolute Gasteiger partial charge is 0.121 e. The van der Waals surface area contributed by atoms with Gasteiger partial charge in [0.05, 0.1) is 12.3 Å². The normalized spacial score (nSPS) is 24.6. The summed E-state index contributed by atoms with van der Waals surface area (Å²) in [6.45, 7) is 13.6. The summed E-state index contributed by atoms with van der Waals surface area (Å²) in [5.41, 5.74) is 5.83. The minimum Gasteiger partial charge on any atom is -0.496 e. The molecule has 2 atom stereocenters. The van der Waals surface area contributed by atoms with Crippen LogP contribution in [-0.2, 0) is 4.74 Å². The van der Waals surface area contributed by atoms with E-state index in [0.717, 1.165) is 19.3 Å². The summed E-state index contributed by atoms with van der Waals surface area (Å²) in [5, 5.41) is 0. The first-order valence-corrected chi connectivity index (χ1v) is 10.5. The molecule has 0 aromatic heterocycles. The molecular weight excluding hydrogens is 318 g/mol. The Morgan fingerprint density at radius 1 is 1.00 bits per heavy atom. The molecule has 2 unspecified atom stereocenters. The third-order valence-electron chi connectivity index (χ3n) is 5.60. The number of nitrogens with zero attached hydrogens (tertiary/aromatic N) is 1. The molecule has 2 heteroatoms. The van der Waals surface area contributed by atoms with E-state index in [1.165, 1.54) is 61.1 Å². The van der Waals surface area contributed by atoms with Crippen molar-refractivity contribution in [2.75, 3.05) is 13.1 Å². The Balaban J connectivity index is 1.74. The quantitative estimate of drug-likeness (QED) is 0.433.